The van der Waals surface area contributed by atoms with Gasteiger partial charge in [-0.1, -0.05) is 18.2 Å². The predicted molar refractivity (Wildman–Crippen MR) is 108 cm³/mol. The summed E-state index contributed by atoms with van der Waals surface area (Å²) in [6.07, 6.45) is 1.36. The molecule has 27 heavy (non-hydrogen) atoms. The molecule has 1 fully saturated rings. The van der Waals surface area contributed by atoms with Crippen LogP contribution in [0.1, 0.15) is 12.8 Å². The fourth-order valence-corrected chi connectivity index (χ4v) is 6.63. The zero-order chi connectivity index (χ0) is 19.3. The molecule has 1 N–H and O–H groups in total. The molecule has 146 valence electrons. The minimum Gasteiger partial charge on any atom is -0.492 e. The fourth-order valence-electron chi connectivity index (χ4n) is 2.94. The van der Waals surface area contributed by atoms with Gasteiger partial charge in [0.1, 0.15) is 16.6 Å². The van der Waals surface area contributed by atoms with Crippen LogP contribution in [0, 0.1) is 5.92 Å². The third-order valence-electron chi connectivity index (χ3n) is 4.31. The number of hydrogen-bond donors (Lipinski definition) is 1. The highest BCUT2D eigenvalue weighted by Crippen LogP contribution is 2.30. The second kappa shape index (κ2) is 9.18. The zero-order valence-electron chi connectivity index (χ0n) is 14.6. The van der Waals surface area contributed by atoms with Crippen LogP contribution in [-0.4, -0.2) is 44.9 Å². The number of piperidine rings is 1. The third-order valence-corrected chi connectivity index (χ3v) is 8.27. The van der Waals surface area contributed by atoms with Crippen molar-refractivity contribution in [2.24, 2.45) is 5.92 Å². The van der Waals surface area contributed by atoms with E-state index in [0.717, 1.165) is 9.54 Å². The number of carbonyl (C=O) groups is 1. The van der Waals surface area contributed by atoms with Crippen LogP contribution in [0.2, 0.25) is 0 Å². The van der Waals surface area contributed by atoms with Crippen LogP contribution in [0.3, 0.4) is 0 Å². The second-order valence-electron chi connectivity index (χ2n) is 6.21. The van der Waals surface area contributed by atoms with E-state index in [-0.39, 0.29) is 18.4 Å². The fraction of sp³-hybridized carbons (Fsp3) is 0.389. The summed E-state index contributed by atoms with van der Waals surface area (Å²) in [5.74, 6) is 0.288. The number of ether oxygens (including phenoxy) is 1. The first-order valence-electron chi connectivity index (χ1n) is 8.68. The summed E-state index contributed by atoms with van der Waals surface area (Å²) in [5, 5.41) is 2.85. The molecule has 0 radical (unpaired) electrons. The van der Waals surface area contributed by atoms with E-state index in [9.17, 15) is 13.2 Å². The van der Waals surface area contributed by atoms with Gasteiger partial charge in [0, 0.05) is 13.1 Å². The van der Waals surface area contributed by atoms with Crippen LogP contribution >= 0.6 is 27.3 Å². The van der Waals surface area contributed by atoms with Crippen molar-refractivity contribution in [1.29, 1.82) is 0 Å². The largest absolute Gasteiger partial charge is 0.492 e. The number of para-hydroxylation sites is 1. The summed E-state index contributed by atoms with van der Waals surface area (Å²) in [6.45, 7) is 1.41. The maximum absolute atomic E-state index is 12.7. The van der Waals surface area contributed by atoms with Gasteiger partial charge in [0.05, 0.1) is 16.2 Å². The molecule has 1 unspecified atom stereocenters. The second-order valence-corrected chi connectivity index (χ2v) is 10.8. The average molecular weight is 473 g/mol. The van der Waals surface area contributed by atoms with E-state index < -0.39 is 10.0 Å². The summed E-state index contributed by atoms with van der Waals surface area (Å²) in [7, 11) is -3.55. The van der Waals surface area contributed by atoms with E-state index in [0.29, 0.717) is 36.7 Å². The Morgan fingerprint density at radius 2 is 2.04 bits per heavy atom. The normalized spacial score (nSPS) is 18.2. The Labute approximate surface area is 171 Å². The van der Waals surface area contributed by atoms with Crippen LogP contribution in [-0.2, 0) is 14.8 Å². The molecule has 1 amide bonds. The van der Waals surface area contributed by atoms with Gasteiger partial charge in [-0.2, -0.15) is 4.31 Å². The van der Waals surface area contributed by atoms with Crippen molar-refractivity contribution in [3.8, 4) is 5.75 Å². The number of amides is 1. The van der Waals surface area contributed by atoms with Crippen LogP contribution in [0.15, 0.2) is 50.5 Å². The van der Waals surface area contributed by atoms with Gasteiger partial charge in [0.2, 0.25) is 5.91 Å². The van der Waals surface area contributed by atoms with Crippen LogP contribution in [0.25, 0.3) is 0 Å². The topological polar surface area (TPSA) is 75.7 Å². The Kier molecular flexibility index (Phi) is 6.91. The van der Waals surface area contributed by atoms with Crippen LogP contribution in [0.5, 0.6) is 5.75 Å². The molecule has 0 aliphatic carbocycles. The molecule has 1 aliphatic heterocycles. The van der Waals surface area contributed by atoms with E-state index >= 15 is 0 Å². The van der Waals surface area contributed by atoms with Gasteiger partial charge >= 0.3 is 0 Å². The lowest BCUT2D eigenvalue weighted by atomic mass is 9.99. The molecule has 1 aromatic carbocycles. The number of rotatable bonds is 7. The molecular weight excluding hydrogens is 452 g/mol. The highest BCUT2D eigenvalue weighted by molar-refractivity contribution is 9.11. The van der Waals surface area contributed by atoms with E-state index in [2.05, 4.69) is 21.2 Å². The van der Waals surface area contributed by atoms with Crippen molar-refractivity contribution in [2.45, 2.75) is 17.1 Å². The molecule has 0 spiro atoms. The molecule has 2 heterocycles. The van der Waals surface area contributed by atoms with Crippen molar-refractivity contribution in [3.63, 3.8) is 0 Å². The number of halogens is 1. The number of nitrogens with zero attached hydrogens (tertiary/aromatic N) is 1. The first kappa shape index (κ1) is 20.3. The molecule has 3 rings (SSSR count). The molecular formula is C18H21BrN2O4S2. The van der Waals surface area contributed by atoms with E-state index in [1.54, 1.807) is 12.1 Å². The predicted octanol–water partition coefficient (Wildman–Crippen LogP) is 3.11. The lowest BCUT2D eigenvalue weighted by Gasteiger charge is -2.30. The van der Waals surface area contributed by atoms with E-state index in [1.807, 2.05) is 30.3 Å². The molecule has 1 atom stereocenters. The van der Waals surface area contributed by atoms with Gasteiger partial charge in [0.25, 0.3) is 10.0 Å². The summed E-state index contributed by atoms with van der Waals surface area (Å²) in [4.78, 5) is 12.4. The summed E-state index contributed by atoms with van der Waals surface area (Å²) < 4.78 is 33.5. The minimum absolute atomic E-state index is 0.126. The highest BCUT2D eigenvalue weighted by atomic mass is 79.9. The molecule has 2 aromatic rings. The maximum Gasteiger partial charge on any atom is 0.252 e. The molecule has 1 aromatic heterocycles. The molecule has 9 heteroatoms. The molecule has 1 saturated heterocycles. The standard InChI is InChI=1S/C18H21BrN2O4S2/c19-16-8-9-17(26-16)27(23,24)21-11-4-5-14(13-21)18(22)20-10-12-25-15-6-2-1-3-7-15/h1-3,6-9,14H,4-5,10-13H2,(H,20,22). The van der Waals surface area contributed by atoms with Gasteiger partial charge in [-0.25, -0.2) is 8.42 Å². The summed E-state index contributed by atoms with van der Waals surface area (Å²) >= 11 is 4.48. The van der Waals surface area contributed by atoms with Crippen molar-refractivity contribution >= 4 is 43.2 Å². The van der Waals surface area contributed by atoms with E-state index in [4.69, 9.17) is 4.74 Å². The molecule has 0 bridgehead atoms. The van der Waals surface area contributed by atoms with Crippen molar-refractivity contribution in [2.75, 3.05) is 26.2 Å². The first-order chi connectivity index (χ1) is 13.0. The maximum atomic E-state index is 12.7. The zero-order valence-corrected chi connectivity index (χ0v) is 17.9. The Balaban J connectivity index is 1.50. The van der Waals surface area contributed by atoms with E-state index in [1.165, 1.54) is 15.6 Å². The van der Waals surface area contributed by atoms with Gasteiger partial charge in [-0.3, -0.25) is 4.79 Å². The number of nitrogens with one attached hydrogen (secondary N) is 1. The molecule has 6 nitrogen and oxygen atoms in total. The Bertz CT molecular complexity index is 870. The number of sulfonamides is 1. The van der Waals surface area contributed by atoms with Crippen molar-refractivity contribution in [1.82, 2.24) is 9.62 Å². The van der Waals surface area contributed by atoms with Gasteiger partial charge < -0.3 is 10.1 Å². The smallest absolute Gasteiger partial charge is 0.252 e. The van der Waals surface area contributed by atoms with Crippen LogP contribution < -0.4 is 10.1 Å². The number of thiophene rings is 1. The van der Waals surface area contributed by atoms with Gasteiger partial charge in [-0.05, 0) is 53.0 Å². The lowest BCUT2D eigenvalue weighted by Crippen LogP contribution is -2.45. The number of benzene rings is 1. The van der Waals surface area contributed by atoms with Gasteiger partial charge in [-0.15, -0.1) is 11.3 Å². The Hall–Kier alpha value is -1.42. The quantitative estimate of drug-likeness (QED) is 0.628. The minimum atomic E-state index is -3.55. The average Bonchev–Trinajstić information content (AvgIpc) is 3.13. The number of hydrogen-bond acceptors (Lipinski definition) is 5. The SMILES string of the molecule is O=C(NCCOc1ccccc1)C1CCCN(S(=O)(=O)c2ccc(Br)s2)C1. The summed E-state index contributed by atoms with van der Waals surface area (Å²) in [5.41, 5.74) is 0. The first-order valence-corrected chi connectivity index (χ1v) is 11.7. The Morgan fingerprint density at radius 3 is 2.74 bits per heavy atom. The van der Waals surface area contributed by atoms with Crippen molar-refractivity contribution in [3.05, 3.63) is 46.3 Å². The molecule has 0 saturated carbocycles. The monoisotopic (exact) mass is 472 g/mol. The summed E-state index contributed by atoms with van der Waals surface area (Å²) in [6, 6.07) is 12.7. The molecule has 1 aliphatic rings. The van der Waals surface area contributed by atoms with Crippen molar-refractivity contribution < 1.29 is 17.9 Å². The Morgan fingerprint density at radius 1 is 1.26 bits per heavy atom. The highest BCUT2D eigenvalue weighted by Gasteiger charge is 2.33. The lowest BCUT2D eigenvalue weighted by molar-refractivity contribution is -0.126. The number of carbonyl (C=O) groups excluding carboxylic acids is 1. The van der Waals surface area contributed by atoms with Crippen LogP contribution in [0.4, 0.5) is 0 Å². The third kappa shape index (κ3) is 5.31. The van der Waals surface area contributed by atoms with Gasteiger partial charge in [0.15, 0.2) is 0 Å².